The number of hydrogen-bond acceptors (Lipinski definition) is 8. The fraction of sp³-hybridized carbons (Fsp3) is 0.455. The summed E-state index contributed by atoms with van der Waals surface area (Å²) in [7, 11) is -4.83. The van der Waals surface area contributed by atoms with Crippen LogP contribution in [0, 0.1) is 0 Å². The minimum absolute atomic E-state index is 0.00796. The number of methoxy groups -OCH3 is 1. The van der Waals surface area contributed by atoms with Crippen molar-refractivity contribution in [2.45, 2.75) is 49.1 Å². The van der Waals surface area contributed by atoms with Gasteiger partial charge in [-0.1, -0.05) is 60.7 Å². The number of hydrogen-bond donors (Lipinski definition) is 0. The number of ether oxygens (including phenoxy) is 5. The molecule has 12 heteroatoms. The number of alkyl halides is 3. The summed E-state index contributed by atoms with van der Waals surface area (Å²) in [4.78, 5) is 0. The van der Waals surface area contributed by atoms with Crippen molar-refractivity contribution in [3.05, 3.63) is 71.8 Å². The summed E-state index contributed by atoms with van der Waals surface area (Å²) in [6.45, 7) is -0.0364. The van der Waals surface area contributed by atoms with Crippen LogP contribution in [0.3, 0.4) is 0 Å². The van der Waals surface area contributed by atoms with Gasteiger partial charge in [0, 0.05) is 12.7 Å². The van der Waals surface area contributed by atoms with Gasteiger partial charge in [0.1, 0.15) is 18.3 Å². The van der Waals surface area contributed by atoms with Gasteiger partial charge < -0.3 is 23.7 Å². The molecule has 0 spiro atoms. The van der Waals surface area contributed by atoms with Gasteiger partial charge in [0.15, 0.2) is 18.7 Å². The Hall–Kier alpha value is -2.06. The largest absolute Gasteiger partial charge is 0.523 e. The van der Waals surface area contributed by atoms with E-state index in [0.29, 0.717) is 11.1 Å². The normalized spacial score (nSPS) is 30.0. The molecule has 2 aliphatic heterocycles. The molecule has 34 heavy (non-hydrogen) atoms. The van der Waals surface area contributed by atoms with Crippen molar-refractivity contribution in [2.24, 2.45) is 0 Å². The predicted octanol–water partition coefficient (Wildman–Crippen LogP) is 3.29. The average molecular weight is 504 g/mol. The Kier molecular flexibility index (Phi) is 7.57. The zero-order valence-corrected chi connectivity index (χ0v) is 18.8. The molecule has 6 atom stereocenters. The molecule has 2 aliphatic rings. The molecule has 0 saturated carbocycles. The lowest BCUT2D eigenvalue weighted by Gasteiger charge is -2.48. The average Bonchev–Trinajstić information content (AvgIpc) is 2.83. The molecule has 4 rings (SSSR count). The van der Waals surface area contributed by atoms with Crippen LogP contribution in [0.15, 0.2) is 60.7 Å². The van der Waals surface area contributed by atoms with Crippen LogP contribution < -0.4 is 0 Å². The SMILES string of the molecule is CO[C@H]1O[C@@H]2COC(c3ccccc3)O[C@H]2[C@H](OCc2ccccc2)[C@@H]1OS(=O)(=O)C(F)(F)F. The standard InChI is InChI=1S/C22H23F3O8S/c1-28-21-19(33-34(26,27)22(23,24)25)18(29-12-14-8-4-2-5-9-14)17-16(31-21)13-30-20(32-17)15-10-6-3-7-11-15/h2-11,16-21H,12-13H2,1H3/t16-,17-,18+,19+,20?,21+/m1/s1. The number of halogens is 3. The maximum Gasteiger partial charge on any atom is 0.523 e. The van der Waals surface area contributed by atoms with E-state index in [4.69, 9.17) is 23.7 Å². The number of benzene rings is 2. The van der Waals surface area contributed by atoms with Crippen LogP contribution in [-0.4, -0.2) is 58.3 Å². The molecule has 2 fully saturated rings. The zero-order valence-electron chi connectivity index (χ0n) is 18.0. The molecule has 0 radical (unpaired) electrons. The molecular weight excluding hydrogens is 481 g/mol. The van der Waals surface area contributed by atoms with Gasteiger partial charge in [0.2, 0.25) is 0 Å². The summed E-state index contributed by atoms with van der Waals surface area (Å²) >= 11 is 0. The lowest BCUT2D eigenvalue weighted by Crippen LogP contribution is -2.64. The first-order chi connectivity index (χ1) is 16.2. The smallest absolute Gasteiger partial charge is 0.368 e. The lowest BCUT2D eigenvalue weighted by atomic mass is 9.97. The van der Waals surface area contributed by atoms with Gasteiger partial charge in [-0.15, -0.1) is 0 Å². The van der Waals surface area contributed by atoms with Crippen LogP contribution in [0.4, 0.5) is 13.2 Å². The van der Waals surface area contributed by atoms with Crippen LogP contribution in [0.25, 0.3) is 0 Å². The fourth-order valence-electron chi connectivity index (χ4n) is 3.78. The lowest BCUT2D eigenvalue weighted by molar-refractivity contribution is -0.360. The molecule has 1 unspecified atom stereocenters. The molecule has 8 nitrogen and oxygen atoms in total. The predicted molar refractivity (Wildman–Crippen MR) is 111 cm³/mol. The number of rotatable bonds is 7. The molecule has 2 aromatic rings. The minimum Gasteiger partial charge on any atom is -0.368 e. The highest BCUT2D eigenvalue weighted by Gasteiger charge is 2.57. The molecule has 2 saturated heterocycles. The second kappa shape index (κ2) is 10.3. The minimum atomic E-state index is -5.99. The summed E-state index contributed by atoms with van der Waals surface area (Å²) in [6.07, 6.45) is -7.26. The summed E-state index contributed by atoms with van der Waals surface area (Å²) in [6, 6.07) is 17.7. The Morgan fingerprint density at radius 1 is 0.971 bits per heavy atom. The summed E-state index contributed by atoms with van der Waals surface area (Å²) in [5, 5.41) is 0. The number of fused-ring (bicyclic) bond motifs is 1. The molecule has 2 heterocycles. The van der Waals surface area contributed by atoms with E-state index in [1.807, 2.05) is 0 Å². The van der Waals surface area contributed by atoms with E-state index < -0.39 is 52.6 Å². The van der Waals surface area contributed by atoms with Gasteiger partial charge in [-0.05, 0) is 5.56 Å². The van der Waals surface area contributed by atoms with Gasteiger partial charge in [0.25, 0.3) is 0 Å². The molecule has 0 bridgehead atoms. The molecule has 0 aliphatic carbocycles. The third kappa shape index (κ3) is 5.43. The molecule has 0 aromatic heterocycles. The van der Waals surface area contributed by atoms with Gasteiger partial charge in [-0.3, -0.25) is 4.18 Å². The zero-order chi connectivity index (χ0) is 24.3. The van der Waals surface area contributed by atoms with Crippen LogP contribution in [0.1, 0.15) is 17.4 Å². The van der Waals surface area contributed by atoms with Crippen molar-refractivity contribution in [3.63, 3.8) is 0 Å². The quantitative estimate of drug-likeness (QED) is 0.419. The first-order valence-corrected chi connectivity index (χ1v) is 11.8. The van der Waals surface area contributed by atoms with Gasteiger partial charge in [0.05, 0.1) is 13.2 Å². The highest BCUT2D eigenvalue weighted by atomic mass is 32.2. The Balaban J connectivity index is 1.64. The second-order valence-corrected chi connectivity index (χ2v) is 9.24. The summed E-state index contributed by atoms with van der Waals surface area (Å²) in [5.41, 5.74) is -4.27. The Morgan fingerprint density at radius 3 is 2.24 bits per heavy atom. The van der Waals surface area contributed by atoms with Crippen LogP contribution in [0.5, 0.6) is 0 Å². The van der Waals surface area contributed by atoms with E-state index >= 15 is 0 Å². The highest BCUT2D eigenvalue weighted by Crippen LogP contribution is 2.38. The maximum atomic E-state index is 13.1. The van der Waals surface area contributed by atoms with Crippen molar-refractivity contribution in [3.8, 4) is 0 Å². The van der Waals surface area contributed by atoms with Crippen LogP contribution >= 0.6 is 0 Å². The Bertz CT molecular complexity index is 1040. The van der Waals surface area contributed by atoms with E-state index in [1.165, 1.54) is 0 Å². The van der Waals surface area contributed by atoms with E-state index in [-0.39, 0.29) is 13.2 Å². The molecule has 0 amide bonds. The molecule has 2 aromatic carbocycles. The third-order valence-corrected chi connectivity index (χ3v) is 6.44. The first kappa shape index (κ1) is 25.0. The third-order valence-electron chi connectivity index (χ3n) is 5.39. The van der Waals surface area contributed by atoms with E-state index in [2.05, 4.69) is 4.18 Å². The van der Waals surface area contributed by atoms with Crippen molar-refractivity contribution in [1.82, 2.24) is 0 Å². The van der Waals surface area contributed by atoms with E-state index in [9.17, 15) is 21.6 Å². The molecule has 186 valence electrons. The van der Waals surface area contributed by atoms with Crippen molar-refractivity contribution in [1.29, 1.82) is 0 Å². The molecule has 0 N–H and O–H groups in total. The topological polar surface area (TPSA) is 89.5 Å². The summed E-state index contributed by atoms with van der Waals surface area (Å²) in [5.74, 6) is 0. The monoisotopic (exact) mass is 504 g/mol. The van der Waals surface area contributed by atoms with Crippen LogP contribution in [0.2, 0.25) is 0 Å². The van der Waals surface area contributed by atoms with E-state index in [1.54, 1.807) is 60.7 Å². The Labute approximate surface area is 194 Å². The maximum absolute atomic E-state index is 13.1. The van der Waals surface area contributed by atoms with Gasteiger partial charge in [-0.2, -0.15) is 21.6 Å². The second-order valence-electron chi connectivity index (χ2n) is 7.68. The summed E-state index contributed by atoms with van der Waals surface area (Å²) < 4.78 is 96.2. The first-order valence-electron chi connectivity index (χ1n) is 10.3. The van der Waals surface area contributed by atoms with Crippen molar-refractivity contribution in [2.75, 3.05) is 13.7 Å². The van der Waals surface area contributed by atoms with Crippen molar-refractivity contribution >= 4 is 10.1 Å². The van der Waals surface area contributed by atoms with Gasteiger partial charge >= 0.3 is 15.6 Å². The highest BCUT2D eigenvalue weighted by molar-refractivity contribution is 7.87. The van der Waals surface area contributed by atoms with Gasteiger partial charge in [-0.25, -0.2) is 0 Å². The molecular formula is C22H23F3O8S. The Morgan fingerprint density at radius 2 is 1.62 bits per heavy atom. The van der Waals surface area contributed by atoms with Crippen LogP contribution in [-0.2, 0) is 44.6 Å². The van der Waals surface area contributed by atoms with E-state index in [0.717, 1.165) is 7.11 Å². The fourth-order valence-corrected chi connectivity index (χ4v) is 4.38. The van der Waals surface area contributed by atoms with Crippen molar-refractivity contribution < 1.29 is 49.5 Å².